The van der Waals surface area contributed by atoms with Crippen molar-refractivity contribution in [2.75, 3.05) is 17.2 Å². The number of nitro benzene ring substituents is 1. The number of carbonyl (C=O) groups is 1. The second-order valence-electron chi connectivity index (χ2n) is 5.25. The fourth-order valence-electron chi connectivity index (χ4n) is 2.65. The summed E-state index contributed by atoms with van der Waals surface area (Å²) in [6.07, 6.45) is 4.99. The molecule has 1 aliphatic rings. The van der Waals surface area contributed by atoms with E-state index in [-0.39, 0.29) is 16.5 Å². The van der Waals surface area contributed by atoms with E-state index in [9.17, 15) is 14.9 Å². The molecule has 6 heteroatoms. The topological polar surface area (TPSA) is 63.4 Å². The summed E-state index contributed by atoms with van der Waals surface area (Å²) in [6.45, 7) is 0.678. The highest BCUT2D eigenvalue weighted by molar-refractivity contribution is 7.80. The zero-order valence-corrected chi connectivity index (χ0v) is 12.8. The van der Waals surface area contributed by atoms with Gasteiger partial charge in [0.15, 0.2) is 0 Å². The van der Waals surface area contributed by atoms with Crippen molar-refractivity contribution in [3.05, 3.63) is 33.9 Å². The van der Waals surface area contributed by atoms with Crippen LogP contribution in [-0.2, 0) is 11.2 Å². The molecular formula is C15H20N2O3S. The molecule has 0 saturated carbocycles. The van der Waals surface area contributed by atoms with E-state index >= 15 is 0 Å². The summed E-state index contributed by atoms with van der Waals surface area (Å²) in [5, 5.41) is 10.9. The molecule has 0 aromatic heterocycles. The average Bonchev–Trinajstić information content (AvgIpc) is 2.62. The number of unbranched alkanes of at least 4 members (excludes halogenated alkanes) is 2. The van der Waals surface area contributed by atoms with Crippen LogP contribution >= 0.6 is 12.6 Å². The van der Waals surface area contributed by atoms with Crippen LogP contribution in [0, 0.1) is 10.1 Å². The van der Waals surface area contributed by atoms with E-state index in [1.165, 1.54) is 6.07 Å². The number of nitro groups is 1. The number of benzene rings is 1. The molecule has 0 aliphatic carbocycles. The number of carbonyl (C=O) groups excluding carboxylic acids is 1. The fourth-order valence-corrected chi connectivity index (χ4v) is 2.88. The number of aryl methyl sites for hydroxylation is 1. The maximum absolute atomic E-state index is 12.2. The monoisotopic (exact) mass is 308 g/mol. The predicted octanol–water partition coefficient (Wildman–Crippen LogP) is 3.36. The van der Waals surface area contributed by atoms with Crippen molar-refractivity contribution in [2.24, 2.45) is 0 Å². The molecule has 0 N–H and O–H groups in total. The molecule has 0 spiro atoms. The lowest BCUT2D eigenvalue weighted by atomic mass is 10.1. The van der Waals surface area contributed by atoms with Crippen LogP contribution < -0.4 is 4.90 Å². The molecule has 1 aromatic rings. The van der Waals surface area contributed by atoms with Gasteiger partial charge in [0.2, 0.25) is 5.91 Å². The summed E-state index contributed by atoms with van der Waals surface area (Å²) in [6, 6.07) is 4.81. The number of nitrogens with zero attached hydrogens (tertiary/aromatic N) is 2. The Morgan fingerprint density at radius 3 is 2.76 bits per heavy atom. The first kappa shape index (κ1) is 15.8. The normalized spacial score (nSPS) is 14.7. The van der Waals surface area contributed by atoms with Gasteiger partial charge in [-0.15, -0.1) is 0 Å². The molecule has 1 amide bonds. The van der Waals surface area contributed by atoms with Gasteiger partial charge in [0.1, 0.15) is 0 Å². The van der Waals surface area contributed by atoms with Crippen molar-refractivity contribution in [1.29, 1.82) is 0 Å². The van der Waals surface area contributed by atoms with Crippen molar-refractivity contribution in [2.45, 2.75) is 38.5 Å². The lowest BCUT2D eigenvalue weighted by Crippen LogP contribution is -2.31. The standard InChI is InChI=1S/C15H20N2O3S/c18-15-6-4-5-12-11-13(17(19)20)7-8-14(12)16(15)9-2-1-3-10-21/h7-8,11,21H,1-6,9-10H2. The Balaban J connectivity index is 2.20. The van der Waals surface area contributed by atoms with E-state index in [0.29, 0.717) is 13.0 Å². The molecule has 0 radical (unpaired) electrons. The maximum atomic E-state index is 12.2. The summed E-state index contributed by atoms with van der Waals surface area (Å²) in [4.78, 5) is 24.5. The van der Waals surface area contributed by atoms with Gasteiger partial charge in [-0.05, 0) is 43.1 Å². The van der Waals surface area contributed by atoms with Crippen LogP contribution in [0.4, 0.5) is 11.4 Å². The Morgan fingerprint density at radius 2 is 2.05 bits per heavy atom. The minimum Gasteiger partial charge on any atom is -0.312 e. The van der Waals surface area contributed by atoms with E-state index in [4.69, 9.17) is 0 Å². The Hall–Kier alpha value is -1.56. The molecule has 0 bridgehead atoms. The van der Waals surface area contributed by atoms with Crippen LogP contribution in [0.2, 0.25) is 0 Å². The summed E-state index contributed by atoms with van der Waals surface area (Å²) in [7, 11) is 0. The van der Waals surface area contributed by atoms with E-state index in [0.717, 1.165) is 49.1 Å². The fraction of sp³-hybridized carbons (Fsp3) is 0.533. The number of anilines is 1. The molecule has 1 heterocycles. The van der Waals surface area contributed by atoms with Gasteiger partial charge in [0.05, 0.1) is 4.92 Å². The molecule has 114 valence electrons. The minimum atomic E-state index is -0.385. The van der Waals surface area contributed by atoms with Gasteiger partial charge < -0.3 is 4.90 Å². The van der Waals surface area contributed by atoms with Gasteiger partial charge >= 0.3 is 0 Å². The highest BCUT2D eigenvalue weighted by Gasteiger charge is 2.23. The second kappa shape index (κ2) is 7.45. The Morgan fingerprint density at radius 1 is 1.24 bits per heavy atom. The Kier molecular flexibility index (Phi) is 5.61. The van der Waals surface area contributed by atoms with Crippen LogP contribution in [0.25, 0.3) is 0 Å². The third-order valence-electron chi connectivity index (χ3n) is 3.74. The first-order valence-electron chi connectivity index (χ1n) is 7.32. The highest BCUT2D eigenvalue weighted by atomic mass is 32.1. The van der Waals surface area contributed by atoms with E-state index in [1.807, 2.05) is 0 Å². The molecule has 5 nitrogen and oxygen atoms in total. The van der Waals surface area contributed by atoms with Crippen molar-refractivity contribution in [3.8, 4) is 0 Å². The summed E-state index contributed by atoms with van der Waals surface area (Å²) >= 11 is 4.19. The van der Waals surface area contributed by atoms with Gasteiger partial charge in [-0.1, -0.05) is 6.42 Å². The number of amides is 1. The third-order valence-corrected chi connectivity index (χ3v) is 4.06. The van der Waals surface area contributed by atoms with Crippen LogP contribution in [0.1, 0.15) is 37.7 Å². The molecule has 0 fully saturated rings. The number of hydrogen-bond acceptors (Lipinski definition) is 4. The van der Waals surface area contributed by atoms with E-state index in [1.54, 1.807) is 17.0 Å². The number of thiol groups is 1. The zero-order valence-electron chi connectivity index (χ0n) is 12.0. The summed E-state index contributed by atoms with van der Waals surface area (Å²) < 4.78 is 0. The van der Waals surface area contributed by atoms with Gasteiger partial charge in [-0.25, -0.2) is 0 Å². The van der Waals surface area contributed by atoms with E-state index in [2.05, 4.69) is 12.6 Å². The first-order chi connectivity index (χ1) is 10.1. The lowest BCUT2D eigenvalue weighted by Gasteiger charge is -2.23. The second-order valence-corrected chi connectivity index (χ2v) is 5.70. The molecule has 0 unspecified atom stereocenters. The zero-order chi connectivity index (χ0) is 15.2. The average molecular weight is 308 g/mol. The number of fused-ring (bicyclic) bond motifs is 1. The van der Waals surface area contributed by atoms with Gasteiger partial charge in [0, 0.05) is 30.8 Å². The quantitative estimate of drug-likeness (QED) is 0.379. The predicted molar refractivity (Wildman–Crippen MR) is 86.1 cm³/mol. The van der Waals surface area contributed by atoms with Gasteiger partial charge in [-0.3, -0.25) is 14.9 Å². The molecular weight excluding hydrogens is 288 g/mol. The van der Waals surface area contributed by atoms with Gasteiger partial charge in [0.25, 0.3) is 5.69 Å². The molecule has 1 aromatic carbocycles. The first-order valence-corrected chi connectivity index (χ1v) is 7.95. The van der Waals surface area contributed by atoms with Crippen LogP contribution in [-0.4, -0.2) is 23.1 Å². The smallest absolute Gasteiger partial charge is 0.269 e. The summed E-state index contributed by atoms with van der Waals surface area (Å²) in [5.41, 5.74) is 1.84. The molecule has 21 heavy (non-hydrogen) atoms. The van der Waals surface area contributed by atoms with Crippen LogP contribution in [0.15, 0.2) is 18.2 Å². The largest absolute Gasteiger partial charge is 0.312 e. The minimum absolute atomic E-state index is 0.0955. The third kappa shape index (κ3) is 3.97. The summed E-state index contributed by atoms with van der Waals surface area (Å²) in [5.74, 6) is 0.977. The number of hydrogen-bond donors (Lipinski definition) is 1. The SMILES string of the molecule is O=C1CCCc2cc([N+](=O)[O-])ccc2N1CCCCCS. The molecule has 1 aliphatic heterocycles. The van der Waals surface area contributed by atoms with Crippen LogP contribution in [0.5, 0.6) is 0 Å². The highest BCUT2D eigenvalue weighted by Crippen LogP contribution is 2.30. The van der Waals surface area contributed by atoms with Crippen molar-refractivity contribution in [3.63, 3.8) is 0 Å². The maximum Gasteiger partial charge on any atom is 0.269 e. The lowest BCUT2D eigenvalue weighted by molar-refractivity contribution is -0.384. The van der Waals surface area contributed by atoms with Crippen molar-refractivity contribution >= 4 is 29.9 Å². The molecule has 2 rings (SSSR count). The van der Waals surface area contributed by atoms with E-state index < -0.39 is 0 Å². The van der Waals surface area contributed by atoms with Crippen LogP contribution in [0.3, 0.4) is 0 Å². The van der Waals surface area contributed by atoms with Crippen molar-refractivity contribution in [1.82, 2.24) is 0 Å². The Bertz CT molecular complexity index is 534. The molecule has 0 atom stereocenters. The number of rotatable bonds is 6. The molecule has 0 saturated heterocycles. The Labute approximate surface area is 129 Å². The van der Waals surface area contributed by atoms with Gasteiger partial charge in [-0.2, -0.15) is 12.6 Å². The number of non-ortho nitro benzene ring substituents is 1. The van der Waals surface area contributed by atoms with Crippen molar-refractivity contribution < 1.29 is 9.72 Å².